The molecule has 0 aliphatic carbocycles. The Bertz CT molecular complexity index is 262. The number of hydrogen-bond acceptors (Lipinski definition) is 4. The number of nitrogens with one attached hydrogen (secondary N) is 1. The standard InChI is InChI=1S/C15H31N3O/c1-4-6-16-15-12-19-11-13(15)9-18-8-7-17(3)14(5-2)10-18/h13-16H,4-12H2,1-3H3. The van der Waals surface area contributed by atoms with Gasteiger partial charge >= 0.3 is 0 Å². The molecule has 0 aromatic carbocycles. The van der Waals surface area contributed by atoms with Crippen LogP contribution >= 0.6 is 0 Å². The van der Waals surface area contributed by atoms with Gasteiger partial charge in [0.2, 0.25) is 0 Å². The number of ether oxygens (including phenoxy) is 1. The largest absolute Gasteiger partial charge is 0.379 e. The topological polar surface area (TPSA) is 27.7 Å². The van der Waals surface area contributed by atoms with Gasteiger partial charge in [-0.15, -0.1) is 0 Å². The Morgan fingerprint density at radius 3 is 2.79 bits per heavy atom. The molecule has 0 spiro atoms. The van der Waals surface area contributed by atoms with Crippen molar-refractivity contribution in [3.8, 4) is 0 Å². The summed E-state index contributed by atoms with van der Waals surface area (Å²) in [6, 6.07) is 1.30. The average molecular weight is 269 g/mol. The Kier molecular flexibility index (Phi) is 6.07. The average Bonchev–Trinajstić information content (AvgIpc) is 2.86. The van der Waals surface area contributed by atoms with Crippen molar-refractivity contribution in [1.29, 1.82) is 0 Å². The van der Waals surface area contributed by atoms with E-state index in [1.54, 1.807) is 0 Å². The van der Waals surface area contributed by atoms with Crippen LogP contribution in [0, 0.1) is 5.92 Å². The molecule has 2 aliphatic rings. The molecule has 0 saturated carbocycles. The molecular formula is C15H31N3O. The van der Waals surface area contributed by atoms with Crippen LogP contribution in [-0.4, -0.2) is 74.9 Å². The molecule has 2 fully saturated rings. The second kappa shape index (κ2) is 7.58. The summed E-state index contributed by atoms with van der Waals surface area (Å²) in [7, 11) is 2.26. The molecule has 2 saturated heterocycles. The minimum Gasteiger partial charge on any atom is -0.379 e. The highest BCUT2D eigenvalue weighted by Crippen LogP contribution is 2.18. The highest BCUT2D eigenvalue weighted by Gasteiger charge is 2.31. The molecule has 0 aromatic rings. The van der Waals surface area contributed by atoms with Crippen molar-refractivity contribution < 1.29 is 4.74 Å². The van der Waals surface area contributed by atoms with Gasteiger partial charge in [0.15, 0.2) is 0 Å². The molecule has 4 heteroatoms. The third-order valence-corrected chi connectivity index (χ3v) is 4.68. The van der Waals surface area contributed by atoms with Crippen LogP contribution in [0.3, 0.4) is 0 Å². The summed E-state index contributed by atoms with van der Waals surface area (Å²) < 4.78 is 5.68. The van der Waals surface area contributed by atoms with Crippen molar-refractivity contribution >= 4 is 0 Å². The first-order valence-electron chi connectivity index (χ1n) is 7.98. The van der Waals surface area contributed by atoms with Gasteiger partial charge in [-0.1, -0.05) is 13.8 Å². The van der Waals surface area contributed by atoms with E-state index in [2.05, 4.69) is 36.0 Å². The lowest BCUT2D eigenvalue weighted by molar-refractivity contribution is 0.0765. The zero-order chi connectivity index (χ0) is 13.7. The quantitative estimate of drug-likeness (QED) is 0.779. The van der Waals surface area contributed by atoms with Crippen LogP contribution in [0.4, 0.5) is 0 Å². The first kappa shape index (κ1) is 15.2. The first-order valence-corrected chi connectivity index (χ1v) is 7.98. The fourth-order valence-electron chi connectivity index (χ4n) is 3.28. The first-order chi connectivity index (χ1) is 9.24. The van der Waals surface area contributed by atoms with E-state index >= 15 is 0 Å². The summed E-state index contributed by atoms with van der Waals surface area (Å²) in [4.78, 5) is 5.16. The minimum absolute atomic E-state index is 0.569. The predicted molar refractivity (Wildman–Crippen MR) is 79.5 cm³/mol. The predicted octanol–water partition coefficient (Wildman–Crippen LogP) is 1.03. The summed E-state index contributed by atoms with van der Waals surface area (Å²) >= 11 is 0. The molecule has 2 heterocycles. The van der Waals surface area contributed by atoms with Gasteiger partial charge in [-0.3, -0.25) is 0 Å². The van der Waals surface area contributed by atoms with Gasteiger partial charge in [0.25, 0.3) is 0 Å². The summed E-state index contributed by atoms with van der Waals surface area (Å²) in [6.07, 6.45) is 2.46. The lowest BCUT2D eigenvalue weighted by atomic mass is 10.0. The Hall–Kier alpha value is -0.160. The molecule has 112 valence electrons. The van der Waals surface area contributed by atoms with Gasteiger partial charge in [0, 0.05) is 44.2 Å². The SMILES string of the molecule is CCCNC1COCC1CN1CCN(C)C(CC)C1. The molecule has 2 rings (SSSR count). The van der Waals surface area contributed by atoms with Crippen molar-refractivity contribution in [2.45, 2.75) is 38.8 Å². The van der Waals surface area contributed by atoms with Gasteiger partial charge in [0.1, 0.15) is 0 Å². The number of hydrogen-bond donors (Lipinski definition) is 1. The Morgan fingerprint density at radius 1 is 1.21 bits per heavy atom. The third-order valence-electron chi connectivity index (χ3n) is 4.68. The number of likely N-dealkylation sites (N-methyl/N-ethyl adjacent to an activating group) is 1. The zero-order valence-corrected chi connectivity index (χ0v) is 12.9. The normalized spacial score (nSPS) is 33.9. The van der Waals surface area contributed by atoms with Crippen LogP contribution in [0.25, 0.3) is 0 Å². The molecule has 2 aliphatic heterocycles. The van der Waals surface area contributed by atoms with E-state index in [9.17, 15) is 0 Å². The molecule has 1 N–H and O–H groups in total. The van der Waals surface area contributed by atoms with Crippen molar-refractivity contribution in [3.05, 3.63) is 0 Å². The molecule has 4 nitrogen and oxygen atoms in total. The second-order valence-corrected chi connectivity index (χ2v) is 6.16. The van der Waals surface area contributed by atoms with Crippen LogP contribution in [0.2, 0.25) is 0 Å². The van der Waals surface area contributed by atoms with Gasteiger partial charge in [-0.25, -0.2) is 0 Å². The lowest BCUT2D eigenvalue weighted by Gasteiger charge is -2.40. The van der Waals surface area contributed by atoms with E-state index in [4.69, 9.17) is 4.74 Å². The van der Waals surface area contributed by atoms with Crippen molar-refractivity contribution in [2.24, 2.45) is 5.92 Å². The highest BCUT2D eigenvalue weighted by molar-refractivity contribution is 4.86. The molecule has 0 aromatic heterocycles. The van der Waals surface area contributed by atoms with E-state index in [0.29, 0.717) is 12.0 Å². The maximum atomic E-state index is 5.68. The molecule has 0 radical (unpaired) electrons. The second-order valence-electron chi connectivity index (χ2n) is 6.16. The smallest absolute Gasteiger partial charge is 0.0623 e. The van der Waals surface area contributed by atoms with Crippen LogP contribution in [-0.2, 0) is 4.74 Å². The summed E-state index contributed by atoms with van der Waals surface area (Å²) in [5.41, 5.74) is 0. The van der Waals surface area contributed by atoms with Gasteiger partial charge in [-0.2, -0.15) is 0 Å². The van der Waals surface area contributed by atoms with E-state index in [1.807, 2.05) is 0 Å². The number of rotatable bonds is 6. The molecular weight excluding hydrogens is 238 g/mol. The Balaban J connectivity index is 1.79. The number of piperazine rings is 1. The fraction of sp³-hybridized carbons (Fsp3) is 1.00. The maximum absolute atomic E-state index is 5.68. The number of nitrogens with zero attached hydrogens (tertiary/aromatic N) is 2. The summed E-state index contributed by atoms with van der Waals surface area (Å²) in [5, 5.41) is 3.64. The third kappa shape index (κ3) is 4.15. The van der Waals surface area contributed by atoms with E-state index < -0.39 is 0 Å². The summed E-state index contributed by atoms with van der Waals surface area (Å²) in [5.74, 6) is 0.674. The van der Waals surface area contributed by atoms with Gasteiger partial charge in [0.05, 0.1) is 13.2 Å². The summed E-state index contributed by atoms with van der Waals surface area (Å²) in [6.45, 7) is 12.3. The van der Waals surface area contributed by atoms with Crippen molar-refractivity contribution in [2.75, 3.05) is 53.0 Å². The highest BCUT2D eigenvalue weighted by atomic mass is 16.5. The molecule has 0 bridgehead atoms. The van der Waals surface area contributed by atoms with Crippen LogP contribution in [0.15, 0.2) is 0 Å². The van der Waals surface area contributed by atoms with Gasteiger partial charge < -0.3 is 19.9 Å². The fourth-order valence-corrected chi connectivity index (χ4v) is 3.28. The maximum Gasteiger partial charge on any atom is 0.0623 e. The Morgan fingerprint density at radius 2 is 2.05 bits per heavy atom. The Labute approximate surface area is 118 Å². The molecule has 3 unspecified atom stereocenters. The zero-order valence-electron chi connectivity index (χ0n) is 12.9. The van der Waals surface area contributed by atoms with Crippen molar-refractivity contribution in [1.82, 2.24) is 15.1 Å². The monoisotopic (exact) mass is 269 g/mol. The molecule has 0 amide bonds. The van der Waals surface area contributed by atoms with Crippen LogP contribution in [0.1, 0.15) is 26.7 Å². The van der Waals surface area contributed by atoms with E-state index in [1.165, 1.54) is 39.0 Å². The van der Waals surface area contributed by atoms with Gasteiger partial charge in [-0.05, 0) is 26.4 Å². The minimum atomic E-state index is 0.569. The molecule has 19 heavy (non-hydrogen) atoms. The van der Waals surface area contributed by atoms with E-state index in [0.717, 1.165) is 25.8 Å². The lowest BCUT2D eigenvalue weighted by Crippen LogP contribution is -2.53. The van der Waals surface area contributed by atoms with Crippen molar-refractivity contribution in [3.63, 3.8) is 0 Å². The molecule has 3 atom stereocenters. The van der Waals surface area contributed by atoms with Crippen LogP contribution < -0.4 is 5.32 Å². The van der Waals surface area contributed by atoms with Crippen LogP contribution in [0.5, 0.6) is 0 Å². The van der Waals surface area contributed by atoms with E-state index in [-0.39, 0.29) is 0 Å².